The van der Waals surface area contributed by atoms with Gasteiger partial charge in [0.1, 0.15) is 0 Å². The van der Waals surface area contributed by atoms with E-state index in [0.29, 0.717) is 6.54 Å². The van der Waals surface area contributed by atoms with Gasteiger partial charge in [-0.15, -0.1) is 6.42 Å². The fourth-order valence-corrected chi connectivity index (χ4v) is 0.893. The number of halogens is 3. The third-order valence-corrected chi connectivity index (χ3v) is 1.64. The highest BCUT2D eigenvalue weighted by Gasteiger charge is 2.28. The molecule has 0 heterocycles. The van der Waals surface area contributed by atoms with Gasteiger partial charge in [0.2, 0.25) is 5.91 Å². The zero-order chi connectivity index (χ0) is 11.2. The summed E-state index contributed by atoms with van der Waals surface area (Å²) in [6.45, 7) is 2.07. The Labute approximate surface area is 81.1 Å². The summed E-state index contributed by atoms with van der Waals surface area (Å²) in [6, 6.07) is 0. The van der Waals surface area contributed by atoms with E-state index < -0.39 is 24.9 Å². The Morgan fingerprint density at radius 3 is 2.43 bits per heavy atom. The first-order valence-corrected chi connectivity index (χ1v) is 4.18. The standard InChI is InChI=1S/C9H12F3NO/c1-3-7-13(4-2)8(14)5-6-9(10,11)12/h1H,4-7H2,2H3. The molecule has 0 saturated carbocycles. The van der Waals surface area contributed by atoms with E-state index in [2.05, 4.69) is 5.92 Å². The number of amides is 1. The van der Waals surface area contributed by atoms with Gasteiger partial charge in [-0.25, -0.2) is 0 Å². The Kier molecular flexibility index (Phi) is 5.06. The molecular weight excluding hydrogens is 195 g/mol. The zero-order valence-corrected chi connectivity index (χ0v) is 7.90. The second-order valence-corrected chi connectivity index (χ2v) is 2.73. The van der Waals surface area contributed by atoms with Crippen molar-refractivity contribution in [3.63, 3.8) is 0 Å². The summed E-state index contributed by atoms with van der Waals surface area (Å²) in [6.07, 6.45) is -0.947. The normalized spacial score (nSPS) is 10.8. The van der Waals surface area contributed by atoms with Crippen LogP contribution in [0.3, 0.4) is 0 Å². The van der Waals surface area contributed by atoms with Crippen LogP contribution >= 0.6 is 0 Å². The Balaban J connectivity index is 4.00. The van der Waals surface area contributed by atoms with E-state index in [0.717, 1.165) is 0 Å². The molecule has 0 N–H and O–H groups in total. The predicted octanol–water partition coefficient (Wildman–Crippen LogP) is 1.81. The van der Waals surface area contributed by atoms with Crippen molar-refractivity contribution in [2.45, 2.75) is 25.9 Å². The summed E-state index contributed by atoms with van der Waals surface area (Å²) in [5.74, 6) is 1.67. The Bertz CT molecular complexity index is 229. The minimum absolute atomic E-state index is 0.0627. The molecule has 0 spiro atoms. The molecule has 0 atom stereocenters. The van der Waals surface area contributed by atoms with E-state index in [-0.39, 0.29) is 6.54 Å². The quantitative estimate of drug-likeness (QED) is 0.644. The van der Waals surface area contributed by atoms with Crippen molar-refractivity contribution in [3.05, 3.63) is 0 Å². The van der Waals surface area contributed by atoms with Gasteiger partial charge in [0.15, 0.2) is 0 Å². The van der Waals surface area contributed by atoms with E-state index in [9.17, 15) is 18.0 Å². The van der Waals surface area contributed by atoms with Crippen LogP contribution in [0.4, 0.5) is 13.2 Å². The second-order valence-electron chi connectivity index (χ2n) is 2.73. The Hall–Kier alpha value is -1.18. The highest BCUT2D eigenvalue weighted by Crippen LogP contribution is 2.21. The number of hydrogen-bond donors (Lipinski definition) is 0. The molecule has 0 aliphatic rings. The Morgan fingerprint density at radius 2 is 2.07 bits per heavy atom. The van der Waals surface area contributed by atoms with Gasteiger partial charge in [-0.3, -0.25) is 4.79 Å². The van der Waals surface area contributed by atoms with Crippen LogP contribution in [-0.4, -0.2) is 30.1 Å². The van der Waals surface area contributed by atoms with Crippen molar-refractivity contribution in [3.8, 4) is 12.3 Å². The molecule has 0 bridgehead atoms. The van der Waals surface area contributed by atoms with Crippen molar-refractivity contribution in [2.24, 2.45) is 0 Å². The van der Waals surface area contributed by atoms with Crippen molar-refractivity contribution in [1.29, 1.82) is 0 Å². The average molecular weight is 207 g/mol. The summed E-state index contributed by atoms with van der Waals surface area (Å²) in [4.78, 5) is 12.4. The first-order valence-electron chi connectivity index (χ1n) is 4.18. The maximum absolute atomic E-state index is 11.8. The topological polar surface area (TPSA) is 20.3 Å². The highest BCUT2D eigenvalue weighted by atomic mass is 19.4. The molecule has 0 aliphatic heterocycles. The fourth-order valence-electron chi connectivity index (χ4n) is 0.893. The summed E-state index contributed by atoms with van der Waals surface area (Å²) in [5.41, 5.74) is 0. The van der Waals surface area contributed by atoms with Gasteiger partial charge in [0, 0.05) is 13.0 Å². The molecule has 0 rings (SSSR count). The van der Waals surface area contributed by atoms with Crippen LogP contribution in [-0.2, 0) is 4.79 Å². The molecule has 0 aromatic heterocycles. The lowest BCUT2D eigenvalue weighted by atomic mass is 10.2. The summed E-state index contributed by atoms with van der Waals surface area (Å²) in [5, 5.41) is 0. The molecule has 0 radical (unpaired) electrons. The van der Waals surface area contributed by atoms with E-state index in [1.165, 1.54) is 4.90 Å². The lowest BCUT2D eigenvalue weighted by Crippen LogP contribution is -2.31. The number of carbonyl (C=O) groups excluding carboxylic acids is 1. The molecule has 2 nitrogen and oxygen atoms in total. The first kappa shape index (κ1) is 12.8. The fraction of sp³-hybridized carbons (Fsp3) is 0.667. The van der Waals surface area contributed by atoms with Crippen molar-refractivity contribution < 1.29 is 18.0 Å². The van der Waals surface area contributed by atoms with Gasteiger partial charge >= 0.3 is 6.18 Å². The SMILES string of the molecule is C#CCN(CC)C(=O)CCC(F)(F)F. The molecule has 0 aliphatic carbocycles. The van der Waals surface area contributed by atoms with Crippen LogP contribution in [0.5, 0.6) is 0 Å². The molecule has 0 aromatic carbocycles. The van der Waals surface area contributed by atoms with Crippen LogP contribution in [0.25, 0.3) is 0 Å². The van der Waals surface area contributed by atoms with Crippen molar-refractivity contribution in [2.75, 3.05) is 13.1 Å². The van der Waals surface area contributed by atoms with Crippen LogP contribution < -0.4 is 0 Å². The predicted molar refractivity (Wildman–Crippen MR) is 46.4 cm³/mol. The Morgan fingerprint density at radius 1 is 1.50 bits per heavy atom. The highest BCUT2D eigenvalue weighted by molar-refractivity contribution is 5.76. The molecule has 0 saturated heterocycles. The van der Waals surface area contributed by atoms with Crippen LogP contribution in [0.2, 0.25) is 0 Å². The third kappa shape index (κ3) is 5.46. The van der Waals surface area contributed by atoms with Crippen molar-refractivity contribution in [1.82, 2.24) is 4.90 Å². The third-order valence-electron chi connectivity index (χ3n) is 1.64. The van der Waals surface area contributed by atoms with Gasteiger partial charge < -0.3 is 4.90 Å². The van der Waals surface area contributed by atoms with Crippen LogP contribution in [0.1, 0.15) is 19.8 Å². The van der Waals surface area contributed by atoms with Crippen LogP contribution in [0.15, 0.2) is 0 Å². The maximum Gasteiger partial charge on any atom is 0.389 e. The zero-order valence-electron chi connectivity index (χ0n) is 7.90. The molecule has 0 unspecified atom stereocenters. The van der Waals surface area contributed by atoms with E-state index in [4.69, 9.17) is 6.42 Å². The molecule has 0 aromatic rings. The maximum atomic E-state index is 11.8. The minimum atomic E-state index is -4.29. The first-order chi connectivity index (χ1) is 6.40. The van der Waals surface area contributed by atoms with E-state index in [1.807, 2.05) is 0 Å². The summed E-state index contributed by atoms with van der Waals surface area (Å²) >= 11 is 0. The number of carbonyl (C=O) groups is 1. The number of alkyl halides is 3. The number of hydrogen-bond acceptors (Lipinski definition) is 1. The smallest absolute Gasteiger partial charge is 0.332 e. The molecule has 5 heteroatoms. The second kappa shape index (κ2) is 5.53. The summed E-state index contributed by atoms with van der Waals surface area (Å²) < 4.78 is 35.3. The monoisotopic (exact) mass is 207 g/mol. The largest absolute Gasteiger partial charge is 0.389 e. The molecule has 0 fully saturated rings. The molecule has 1 amide bonds. The van der Waals surface area contributed by atoms with E-state index >= 15 is 0 Å². The lowest BCUT2D eigenvalue weighted by molar-refractivity contribution is -0.148. The molecule has 14 heavy (non-hydrogen) atoms. The average Bonchev–Trinajstić information content (AvgIpc) is 2.09. The van der Waals surface area contributed by atoms with Gasteiger partial charge in [0.25, 0.3) is 0 Å². The lowest BCUT2D eigenvalue weighted by Gasteiger charge is -2.18. The van der Waals surface area contributed by atoms with Gasteiger partial charge in [-0.2, -0.15) is 13.2 Å². The van der Waals surface area contributed by atoms with Crippen molar-refractivity contribution >= 4 is 5.91 Å². The number of terminal acetylenes is 1. The van der Waals surface area contributed by atoms with Gasteiger partial charge in [-0.05, 0) is 6.92 Å². The summed E-state index contributed by atoms with van der Waals surface area (Å²) in [7, 11) is 0. The van der Waals surface area contributed by atoms with Gasteiger partial charge in [0.05, 0.1) is 13.0 Å². The number of nitrogens with zero attached hydrogens (tertiary/aromatic N) is 1. The molecular formula is C9H12F3NO. The van der Waals surface area contributed by atoms with E-state index in [1.54, 1.807) is 6.92 Å². The molecule has 80 valence electrons. The number of rotatable bonds is 4. The van der Waals surface area contributed by atoms with Crippen LogP contribution in [0, 0.1) is 12.3 Å². The minimum Gasteiger partial charge on any atom is -0.332 e. The van der Waals surface area contributed by atoms with Gasteiger partial charge in [-0.1, -0.05) is 5.92 Å².